The summed E-state index contributed by atoms with van der Waals surface area (Å²) >= 11 is 0. The molecule has 0 atom stereocenters. The van der Waals surface area contributed by atoms with E-state index in [0.717, 1.165) is 22.3 Å². The standard InChI is InChI=1S/C28H27N5O3/c1-17-8-11-19(12-9-17)33-26(29)24(25-27(33)32-21-7-5-4-6-20(21)31-25)28(34)30-15-14-18-10-13-22(35-2)23(16-18)36-3/h4-13,16H,14-15,29H2,1-3H3,(H,30,34). The van der Waals surface area contributed by atoms with Crippen LogP contribution in [0.25, 0.3) is 27.9 Å². The maximum absolute atomic E-state index is 13.4. The molecule has 0 aliphatic carbocycles. The second-order valence-electron chi connectivity index (χ2n) is 8.51. The van der Waals surface area contributed by atoms with E-state index in [4.69, 9.17) is 25.2 Å². The Morgan fingerprint density at radius 2 is 1.64 bits per heavy atom. The average molecular weight is 482 g/mol. The normalized spacial score (nSPS) is 11.1. The molecule has 36 heavy (non-hydrogen) atoms. The molecule has 0 aliphatic heterocycles. The van der Waals surface area contributed by atoms with Crippen LogP contribution in [-0.4, -0.2) is 41.2 Å². The molecule has 0 radical (unpaired) electrons. The molecule has 5 rings (SSSR count). The predicted octanol–water partition coefficient (Wildman–Crippen LogP) is 4.45. The average Bonchev–Trinajstić information content (AvgIpc) is 3.18. The number of anilines is 1. The smallest absolute Gasteiger partial charge is 0.257 e. The van der Waals surface area contributed by atoms with Crippen molar-refractivity contribution >= 4 is 33.9 Å². The van der Waals surface area contributed by atoms with Crippen LogP contribution in [0.4, 0.5) is 5.82 Å². The van der Waals surface area contributed by atoms with Gasteiger partial charge < -0.3 is 20.5 Å². The number of hydrogen-bond acceptors (Lipinski definition) is 6. The van der Waals surface area contributed by atoms with Gasteiger partial charge in [0.1, 0.15) is 16.9 Å². The lowest BCUT2D eigenvalue weighted by Gasteiger charge is -2.10. The lowest BCUT2D eigenvalue weighted by Crippen LogP contribution is -2.26. The lowest BCUT2D eigenvalue weighted by atomic mass is 10.1. The van der Waals surface area contributed by atoms with E-state index in [2.05, 4.69) is 5.32 Å². The van der Waals surface area contributed by atoms with E-state index in [1.807, 2.05) is 73.7 Å². The van der Waals surface area contributed by atoms with Crippen molar-refractivity contribution in [3.63, 3.8) is 0 Å². The zero-order chi connectivity index (χ0) is 25.2. The summed E-state index contributed by atoms with van der Waals surface area (Å²) in [6, 6.07) is 21.2. The monoisotopic (exact) mass is 481 g/mol. The number of fused-ring (bicyclic) bond motifs is 2. The SMILES string of the molecule is COc1ccc(CCNC(=O)c2c(N)n(-c3ccc(C)cc3)c3nc4ccccc4nc23)cc1OC. The maximum Gasteiger partial charge on any atom is 0.257 e. The molecule has 0 saturated heterocycles. The quantitative estimate of drug-likeness (QED) is 0.356. The molecule has 2 heterocycles. The molecule has 182 valence electrons. The van der Waals surface area contributed by atoms with Gasteiger partial charge in [0.25, 0.3) is 5.91 Å². The van der Waals surface area contributed by atoms with E-state index in [-0.39, 0.29) is 5.91 Å². The van der Waals surface area contributed by atoms with Crippen LogP contribution in [-0.2, 0) is 6.42 Å². The molecule has 0 aliphatic rings. The Hall–Kier alpha value is -4.59. The second-order valence-corrected chi connectivity index (χ2v) is 8.51. The largest absolute Gasteiger partial charge is 0.493 e. The molecule has 2 aromatic heterocycles. The number of ether oxygens (including phenoxy) is 2. The van der Waals surface area contributed by atoms with E-state index in [0.29, 0.717) is 52.5 Å². The van der Waals surface area contributed by atoms with Crippen molar-refractivity contribution in [2.45, 2.75) is 13.3 Å². The first-order valence-corrected chi connectivity index (χ1v) is 11.6. The number of hydrogen-bond donors (Lipinski definition) is 2. The Bertz CT molecular complexity index is 1570. The van der Waals surface area contributed by atoms with E-state index in [1.54, 1.807) is 18.8 Å². The first-order valence-electron chi connectivity index (χ1n) is 11.6. The summed E-state index contributed by atoms with van der Waals surface area (Å²) in [6.45, 7) is 2.43. The number of carbonyl (C=O) groups is 1. The zero-order valence-electron chi connectivity index (χ0n) is 20.4. The lowest BCUT2D eigenvalue weighted by molar-refractivity contribution is 0.0956. The summed E-state index contributed by atoms with van der Waals surface area (Å²) in [4.78, 5) is 23.0. The van der Waals surface area contributed by atoms with Crippen LogP contribution in [0.5, 0.6) is 11.5 Å². The highest BCUT2D eigenvalue weighted by Gasteiger charge is 2.24. The molecule has 0 saturated carbocycles. The number of nitrogens with two attached hydrogens (primary N) is 1. The summed E-state index contributed by atoms with van der Waals surface area (Å²) in [6.07, 6.45) is 0.608. The summed E-state index contributed by atoms with van der Waals surface area (Å²) in [7, 11) is 3.20. The Kier molecular flexibility index (Phi) is 6.16. The topological polar surface area (TPSA) is 104 Å². The van der Waals surface area contributed by atoms with E-state index < -0.39 is 0 Å². The molecule has 5 aromatic rings. The number of aromatic nitrogens is 3. The van der Waals surface area contributed by atoms with Gasteiger partial charge in [0.15, 0.2) is 17.1 Å². The van der Waals surface area contributed by atoms with Gasteiger partial charge in [-0.2, -0.15) is 0 Å². The number of para-hydroxylation sites is 2. The van der Waals surface area contributed by atoms with Crippen molar-refractivity contribution in [3.8, 4) is 17.2 Å². The van der Waals surface area contributed by atoms with E-state index in [1.165, 1.54) is 0 Å². The first-order chi connectivity index (χ1) is 17.5. The summed E-state index contributed by atoms with van der Waals surface area (Å²) in [5.74, 6) is 1.31. The Morgan fingerprint density at radius 3 is 2.33 bits per heavy atom. The van der Waals surface area contributed by atoms with Crippen molar-refractivity contribution in [3.05, 3.63) is 83.4 Å². The molecule has 8 heteroatoms. The molecule has 0 unspecified atom stereocenters. The zero-order valence-corrected chi connectivity index (χ0v) is 20.4. The van der Waals surface area contributed by atoms with Crippen LogP contribution in [0.3, 0.4) is 0 Å². The maximum atomic E-state index is 13.4. The van der Waals surface area contributed by atoms with Gasteiger partial charge in [-0.15, -0.1) is 0 Å². The number of aryl methyl sites for hydroxylation is 1. The molecule has 1 amide bonds. The van der Waals surface area contributed by atoms with Crippen LogP contribution < -0.4 is 20.5 Å². The molecular weight excluding hydrogens is 454 g/mol. The Morgan fingerprint density at radius 1 is 0.944 bits per heavy atom. The number of methoxy groups -OCH3 is 2. The van der Waals surface area contributed by atoms with Crippen molar-refractivity contribution < 1.29 is 14.3 Å². The molecule has 0 spiro atoms. The van der Waals surface area contributed by atoms with Crippen LogP contribution in [0.1, 0.15) is 21.5 Å². The minimum Gasteiger partial charge on any atom is -0.493 e. The summed E-state index contributed by atoms with van der Waals surface area (Å²) < 4.78 is 12.5. The number of nitrogens with zero attached hydrogens (tertiary/aromatic N) is 3. The van der Waals surface area contributed by atoms with Crippen LogP contribution >= 0.6 is 0 Å². The summed E-state index contributed by atoms with van der Waals surface area (Å²) in [5.41, 5.74) is 12.3. The van der Waals surface area contributed by atoms with Gasteiger partial charge in [0, 0.05) is 12.2 Å². The van der Waals surface area contributed by atoms with E-state index in [9.17, 15) is 4.79 Å². The van der Waals surface area contributed by atoms with Gasteiger partial charge in [0.2, 0.25) is 0 Å². The number of rotatable bonds is 7. The van der Waals surface area contributed by atoms with Crippen LogP contribution in [0.2, 0.25) is 0 Å². The van der Waals surface area contributed by atoms with Gasteiger partial charge in [-0.3, -0.25) is 9.36 Å². The number of benzene rings is 3. The third-order valence-electron chi connectivity index (χ3n) is 6.16. The Balaban J connectivity index is 1.50. The molecule has 0 fully saturated rings. The number of nitrogens with one attached hydrogen (secondary N) is 1. The number of amides is 1. The third-order valence-corrected chi connectivity index (χ3v) is 6.16. The highest BCUT2D eigenvalue weighted by Crippen LogP contribution is 2.31. The van der Waals surface area contributed by atoms with Crippen LogP contribution in [0.15, 0.2) is 66.7 Å². The predicted molar refractivity (Wildman–Crippen MR) is 141 cm³/mol. The van der Waals surface area contributed by atoms with Gasteiger partial charge in [-0.25, -0.2) is 9.97 Å². The van der Waals surface area contributed by atoms with Crippen molar-refractivity contribution in [2.24, 2.45) is 0 Å². The third kappa shape index (κ3) is 4.17. The van der Waals surface area contributed by atoms with E-state index >= 15 is 0 Å². The fourth-order valence-electron chi connectivity index (χ4n) is 4.29. The fourth-order valence-corrected chi connectivity index (χ4v) is 4.29. The molecule has 0 bridgehead atoms. The van der Waals surface area contributed by atoms with Gasteiger partial charge >= 0.3 is 0 Å². The minimum atomic E-state index is -0.298. The molecule has 8 nitrogen and oxygen atoms in total. The van der Waals surface area contributed by atoms with Crippen molar-refractivity contribution in [1.82, 2.24) is 19.9 Å². The van der Waals surface area contributed by atoms with Crippen molar-refractivity contribution in [2.75, 3.05) is 26.5 Å². The molecule has 3 aromatic carbocycles. The molecule has 3 N–H and O–H groups in total. The Labute approximate surface area is 208 Å². The highest BCUT2D eigenvalue weighted by molar-refractivity contribution is 6.11. The second kappa shape index (κ2) is 9.58. The van der Waals surface area contributed by atoms with Gasteiger partial charge in [0.05, 0.1) is 25.3 Å². The summed E-state index contributed by atoms with van der Waals surface area (Å²) in [5, 5.41) is 3.00. The fraction of sp³-hybridized carbons (Fsp3) is 0.179. The minimum absolute atomic E-state index is 0.298. The van der Waals surface area contributed by atoms with Gasteiger partial charge in [-0.05, 0) is 55.3 Å². The molecular formula is C28H27N5O3. The van der Waals surface area contributed by atoms with Crippen LogP contribution in [0, 0.1) is 6.92 Å². The number of nitrogen functional groups attached to an aromatic ring is 1. The van der Waals surface area contributed by atoms with Gasteiger partial charge in [-0.1, -0.05) is 35.9 Å². The first kappa shape index (κ1) is 23.2. The number of carbonyl (C=O) groups excluding carboxylic acids is 1. The highest BCUT2D eigenvalue weighted by atomic mass is 16.5. The van der Waals surface area contributed by atoms with Crippen molar-refractivity contribution in [1.29, 1.82) is 0 Å².